The van der Waals surface area contributed by atoms with E-state index in [0.717, 1.165) is 51.4 Å². The van der Waals surface area contributed by atoms with Crippen LogP contribution in [0.5, 0.6) is 0 Å². The first-order chi connectivity index (χ1) is 27.7. The van der Waals surface area contributed by atoms with E-state index in [9.17, 15) is 24.2 Å². The molecule has 0 aromatic rings. The molecule has 0 saturated carbocycles. The molecule has 0 aliphatic rings. The molecule has 3 N–H and O–H groups in total. The van der Waals surface area contributed by atoms with Crippen LogP contribution in [0, 0.1) is 0 Å². The summed E-state index contributed by atoms with van der Waals surface area (Å²) in [5.41, 5.74) is 0. The largest absolute Gasteiger partial charge is 0.472 e. The summed E-state index contributed by atoms with van der Waals surface area (Å²) >= 11 is 0. The predicted molar refractivity (Wildman–Crippen MR) is 232 cm³/mol. The molecule has 0 rings (SSSR count). The number of aliphatic hydroxyl groups excluding tert-OH is 2. The van der Waals surface area contributed by atoms with Crippen LogP contribution in [-0.4, -0.2) is 65.7 Å². The Balaban J connectivity index is 4.53. The number of carbonyl (C=O) groups is 2. The highest BCUT2D eigenvalue weighted by molar-refractivity contribution is 7.47. The Morgan fingerprint density at radius 1 is 0.526 bits per heavy atom. The van der Waals surface area contributed by atoms with Gasteiger partial charge in [0.2, 0.25) is 0 Å². The highest BCUT2D eigenvalue weighted by Crippen LogP contribution is 2.43. The maximum Gasteiger partial charge on any atom is 0.472 e. The number of phosphoric acid groups is 1. The number of hydrogen-bond acceptors (Lipinski definition) is 9. The maximum atomic E-state index is 12.6. The monoisotopic (exact) mass is 819 g/mol. The van der Waals surface area contributed by atoms with E-state index in [1.165, 1.54) is 38.5 Å². The van der Waals surface area contributed by atoms with Crippen LogP contribution >= 0.6 is 7.82 Å². The third-order valence-corrected chi connectivity index (χ3v) is 9.16. The van der Waals surface area contributed by atoms with Gasteiger partial charge in [-0.15, -0.1) is 0 Å². The molecule has 3 atom stereocenters. The molecule has 0 aliphatic heterocycles. The van der Waals surface area contributed by atoms with Crippen LogP contribution in [0.25, 0.3) is 0 Å². The standard InChI is InChI=1S/C46H75O10P/c1-3-5-7-9-11-13-15-17-19-21-23-25-27-29-31-33-35-37-45(49)53-41-44(42-55-57(51,52)54-40-43(48)39-47)56-46(50)38-36-34-32-30-28-26-24-22-20-18-16-14-12-10-8-6-4-2/h11-14,17-20,23-26,29-32,43-44,47-48H,3-10,15-16,21-22,27-28,33-42H2,1-2H3,(H,51,52)/b13-11-,14-12-,19-17-,20-18-,25-23-,26-24-,31-29-,32-30-/t43-,44+/m0/s1. The summed E-state index contributed by atoms with van der Waals surface area (Å²) in [4.78, 5) is 34.9. The third-order valence-electron chi connectivity index (χ3n) is 8.21. The molecule has 0 aliphatic carbocycles. The summed E-state index contributed by atoms with van der Waals surface area (Å²) in [6.45, 7) is 2.17. The van der Waals surface area contributed by atoms with Gasteiger partial charge in [0.05, 0.1) is 19.8 Å². The second-order valence-corrected chi connectivity index (χ2v) is 15.1. The van der Waals surface area contributed by atoms with Gasteiger partial charge in [0.15, 0.2) is 6.10 Å². The van der Waals surface area contributed by atoms with E-state index in [0.29, 0.717) is 25.7 Å². The molecular formula is C46H75O10P. The van der Waals surface area contributed by atoms with Crippen LogP contribution in [-0.2, 0) is 32.7 Å². The molecule has 0 radical (unpaired) electrons. The molecule has 0 aromatic heterocycles. The number of esters is 2. The molecule has 0 amide bonds. The zero-order chi connectivity index (χ0) is 41.9. The van der Waals surface area contributed by atoms with Gasteiger partial charge in [-0.2, -0.15) is 0 Å². The second-order valence-electron chi connectivity index (χ2n) is 13.7. The average Bonchev–Trinajstić information content (AvgIpc) is 3.20. The van der Waals surface area contributed by atoms with Crippen molar-refractivity contribution in [2.75, 3.05) is 26.4 Å². The molecule has 0 spiro atoms. The van der Waals surface area contributed by atoms with Gasteiger partial charge in [0, 0.05) is 12.8 Å². The zero-order valence-corrected chi connectivity index (χ0v) is 35.9. The van der Waals surface area contributed by atoms with Crippen molar-refractivity contribution >= 4 is 19.8 Å². The Morgan fingerprint density at radius 3 is 1.30 bits per heavy atom. The van der Waals surface area contributed by atoms with Gasteiger partial charge in [-0.1, -0.05) is 137 Å². The minimum atomic E-state index is -4.65. The van der Waals surface area contributed by atoms with Gasteiger partial charge in [0.1, 0.15) is 12.7 Å². The molecule has 1 unspecified atom stereocenters. The van der Waals surface area contributed by atoms with E-state index in [-0.39, 0.29) is 19.4 Å². The number of unbranched alkanes of at least 4 members (excludes halogenated alkanes) is 8. The SMILES string of the molecule is CCCCC/C=C\C/C=C\C/C=C\C/C=C\CCCC(=O)OC[C@H](COP(=O)(O)OC[C@@H](O)CO)OC(=O)CCC/C=C\C/C=C\C/C=C\C/C=C\CCCCC. The third kappa shape index (κ3) is 40.9. The Bertz CT molecular complexity index is 1260. The molecule has 0 fully saturated rings. The van der Waals surface area contributed by atoms with E-state index >= 15 is 0 Å². The maximum absolute atomic E-state index is 12.6. The van der Waals surface area contributed by atoms with Crippen molar-refractivity contribution in [3.63, 3.8) is 0 Å². The van der Waals surface area contributed by atoms with Crippen molar-refractivity contribution in [3.05, 3.63) is 97.2 Å². The van der Waals surface area contributed by atoms with Crippen LogP contribution in [0.4, 0.5) is 0 Å². The van der Waals surface area contributed by atoms with Gasteiger partial charge < -0.3 is 24.6 Å². The van der Waals surface area contributed by atoms with Crippen molar-refractivity contribution in [1.29, 1.82) is 0 Å². The van der Waals surface area contributed by atoms with Crippen molar-refractivity contribution in [2.24, 2.45) is 0 Å². The first-order valence-corrected chi connectivity index (χ1v) is 22.7. The average molecular weight is 819 g/mol. The first-order valence-electron chi connectivity index (χ1n) is 21.2. The van der Waals surface area contributed by atoms with Crippen molar-refractivity contribution < 1.29 is 47.8 Å². The molecular weight excluding hydrogens is 743 g/mol. The summed E-state index contributed by atoms with van der Waals surface area (Å²) in [5, 5.41) is 18.3. The molecule has 0 saturated heterocycles. The van der Waals surface area contributed by atoms with Gasteiger partial charge in [-0.3, -0.25) is 18.6 Å². The van der Waals surface area contributed by atoms with E-state index < -0.39 is 51.8 Å². The molecule has 0 bridgehead atoms. The van der Waals surface area contributed by atoms with Gasteiger partial charge >= 0.3 is 19.8 Å². The molecule has 11 heteroatoms. The normalized spacial score (nSPS) is 14.8. The zero-order valence-electron chi connectivity index (χ0n) is 35.0. The minimum Gasteiger partial charge on any atom is -0.462 e. The lowest BCUT2D eigenvalue weighted by atomic mass is 10.2. The van der Waals surface area contributed by atoms with Crippen LogP contribution < -0.4 is 0 Å². The highest BCUT2D eigenvalue weighted by atomic mass is 31.2. The van der Waals surface area contributed by atoms with E-state index in [1.807, 2.05) is 18.2 Å². The van der Waals surface area contributed by atoms with Crippen LogP contribution in [0.1, 0.15) is 142 Å². The summed E-state index contributed by atoms with van der Waals surface area (Å²) in [7, 11) is -4.65. The van der Waals surface area contributed by atoms with Gasteiger partial charge in [-0.05, 0) is 89.9 Å². The lowest BCUT2D eigenvalue weighted by Gasteiger charge is -2.20. The lowest BCUT2D eigenvalue weighted by Crippen LogP contribution is -2.29. The van der Waals surface area contributed by atoms with Crippen LogP contribution in [0.3, 0.4) is 0 Å². The fraction of sp³-hybridized carbons (Fsp3) is 0.609. The Hall–Kier alpha value is -3.11. The number of allylic oxidation sites excluding steroid dienone is 16. The van der Waals surface area contributed by atoms with Crippen molar-refractivity contribution in [2.45, 2.75) is 154 Å². The first kappa shape index (κ1) is 53.9. The molecule has 10 nitrogen and oxygen atoms in total. The van der Waals surface area contributed by atoms with E-state index in [1.54, 1.807) is 0 Å². The summed E-state index contributed by atoms with van der Waals surface area (Å²) in [6, 6.07) is 0. The Labute approximate surface area is 344 Å². The van der Waals surface area contributed by atoms with Crippen LogP contribution in [0.15, 0.2) is 97.2 Å². The molecule has 0 aromatic carbocycles. The van der Waals surface area contributed by atoms with Gasteiger partial charge in [-0.25, -0.2) is 4.57 Å². The Kier molecular flexibility index (Phi) is 38.8. The topological polar surface area (TPSA) is 149 Å². The smallest absolute Gasteiger partial charge is 0.462 e. The molecule has 0 heterocycles. The number of rotatable bonds is 38. The van der Waals surface area contributed by atoms with E-state index in [4.69, 9.17) is 19.1 Å². The quantitative estimate of drug-likeness (QED) is 0.0238. The number of ether oxygens (including phenoxy) is 2. The van der Waals surface area contributed by atoms with Gasteiger partial charge in [0.25, 0.3) is 0 Å². The summed E-state index contributed by atoms with van der Waals surface area (Å²) in [5.74, 6) is -1.07. The van der Waals surface area contributed by atoms with Crippen LogP contribution in [0.2, 0.25) is 0 Å². The second kappa shape index (κ2) is 41.1. The minimum absolute atomic E-state index is 0.0908. The molecule has 324 valence electrons. The fourth-order valence-corrected chi connectivity index (χ4v) is 5.71. The van der Waals surface area contributed by atoms with E-state index in [2.05, 4.69) is 97.4 Å². The van der Waals surface area contributed by atoms with Crippen molar-refractivity contribution in [3.8, 4) is 0 Å². The number of aliphatic hydroxyl groups is 2. The lowest BCUT2D eigenvalue weighted by molar-refractivity contribution is -0.161. The summed E-state index contributed by atoms with van der Waals surface area (Å²) < 4.78 is 32.6. The van der Waals surface area contributed by atoms with Crippen molar-refractivity contribution in [1.82, 2.24) is 0 Å². The fourth-order valence-electron chi connectivity index (χ4n) is 4.92. The molecule has 57 heavy (non-hydrogen) atoms. The highest BCUT2D eigenvalue weighted by Gasteiger charge is 2.27. The number of carbonyl (C=O) groups excluding carboxylic acids is 2. The summed E-state index contributed by atoms with van der Waals surface area (Å²) in [6.07, 6.45) is 49.6. The Morgan fingerprint density at radius 2 is 0.895 bits per heavy atom. The predicted octanol–water partition coefficient (Wildman–Crippen LogP) is 11.2. The number of hydrogen-bond donors (Lipinski definition) is 3. The number of phosphoric ester groups is 1.